The van der Waals surface area contributed by atoms with Crippen molar-refractivity contribution in [1.29, 1.82) is 0 Å². The summed E-state index contributed by atoms with van der Waals surface area (Å²) in [5.74, 6) is -0.493. The molecule has 2 aromatic rings. The summed E-state index contributed by atoms with van der Waals surface area (Å²) in [6.45, 7) is 0.178. The number of hydrogen-bond donors (Lipinski definition) is 0. The lowest BCUT2D eigenvalue weighted by Gasteiger charge is -2.03. The number of benzene rings is 1. The summed E-state index contributed by atoms with van der Waals surface area (Å²) >= 11 is 2.08. The number of nitro benzene ring substituents is 1. The molecule has 0 aliphatic heterocycles. The molecule has 0 bridgehead atoms. The van der Waals surface area contributed by atoms with Crippen LogP contribution in [0.1, 0.15) is 5.56 Å². The van der Waals surface area contributed by atoms with Crippen molar-refractivity contribution in [2.75, 3.05) is 0 Å². The van der Waals surface area contributed by atoms with Crippen LogP contribution in [0, 0.1) is 19.5 Å². The quantitative estimate of drug-likeness (QED) is 0.487. The van der Waals surface area contributed by atoms with Gasteiger partial charge in [-0.25, -0.2) is 4.39 Å². The van der Waals surface area contributed by atoms with Gasteiger partial charge in [-0.05, 0) is 34.7 Å². The topological polar surface area (TPSA) is 61.0 Å². The van der Waals surface area contributed by atoms with Crippen molar-refractivity contribution < 1.29 is 9.31 Å². The van der Waals surface area contributed by atoms with Crippen LogP contribution in [0.25, 0.3) is 0 Å². The second-order valence-corrected chi connectivity index (χ2v) is 4.63. The van der Waals surface area contributed by atoms with E-state index in [9.17, 15) is 14.5 Å². The van der Waals surface area contributed by atoms with Gasteiger partial charge in [-0.1, -0.05) is 0 Å². The SMILES string of the molecule is O=[N+]([O-])c1ccc(F)cc1Cn1cc(I)cn1. The Morgan fingerprint density at radius 3 is 2.88 bits per heavy atom. The van der Waals surface area contributed by atoms with E-state index in [1.54, 1.807) is 12.4 Å². The van der Waals surface area contributed by atoms with E-state index >= 15 is 0 Å². The highest BCUT2D eigenvalue weighted by Crippen LogP contribution is 2.20. The zero-order valence-electron chi connectivity index (χ0n) is 8.51. The van der Waals surface area contributed by atoms with Crippen molar-refractivity contribution in [3.63, 3.8) is 0 Å². The molecule has 88 valence electrons. The fourth-order valence-electron chi connectivity index (χ4n) is 1.46. The minimum Gasteiger partial charge on any atom is -0.267 e. The third kappa shape index (κ3) is 2.78. The smallest absolute Gasteiger partial charge is 0.267 e. The average molecular weight is 347 g/mol. The van der Waals surface area contributed by atoms with E-state index in [4.69, 9.17) is 0 Å². The van der Waals surface area contributed by atoms with Gasteiger partial charge in [0.25, 0.3) is 5.69 Å². The van der Waals surface area contributed by atoms with Crippen LogP contribution in [-0.4, -0.2) is 14.7 Å². The molecule has 0 saturated carbocycles. The largest absolute Gasteiger partial charge is 0.274 e. The zero-order chi connectivity index (χ0) is 12.4. The van der Waals surface area contributed by atoms with Gasteiger partial charge in [0.15, 0.2) is 0 Å². The summed E-state index contributed by atoms with van der Waals surface area (Å²) in [6, 6.07) is 3.40. The zero-order valence-corrected chi connectivity index (χ0v) is 10.7. The number of nitro groups is 1. The van der Waals surface area contributed by atoms with Crippen molar-refractivity contribution in [2.45, 2.75) is 6.54 Å². The van der Waals surface area contributed by atoms with Crippen LogP contribution in [0.15, 0.2) is 30.6 Å². The maximum atomic E-state index is 13.1. The molecule has 0 amide bonds. The second kappa shape index (κ2) is 4.78. The number of rotatable bonds is 3. The lowest BCUT2D eigenvalue weighted by Crippen LogP contribution is -2.04. The highest BCUT2D eigenvalue weighted by Gasteiger charge is 2.14. The van der Waals surface area contributed by atoms with Gasteiger partial charge in [0, 0.05) is 12.3 Å². The molecule has 0 aliphatic carbocycles. The standard InChI is InChI=1S/C10H7FIN3O2/c11-8-1-2-10(15(16)17)7(3-8)5-14-6-9(12)4-13-14/h1-4,6H,5H2. The molecular formula is C10H7FIN3O2. The lowest BCUT2D eigenvalue weighted by atomic mass is 10.2. The maximum Gasteiger partial charge on any atom is 0.274 e. The third-order valence-corrected chi connectivity index (χ3v) is 2.73. The molecule has 2 rings (SSSR count). The van der Waals surface area contributed by atoms with Crippen LogP contribution in [-0.2, 0) is 6.54 Å². The summed E-state index contributed by atoms with van der Waals surface area (Å²) in [6.07, 6.45) is 3.36. The predicted octanol–water partition coefficient (Wildman–Crippen LogP) is 2.58. The monoisotopic (exact) mass is 347 g/mol. The van der Waals surface area contributed by atoms with Crippen LogP contribution in [0.2, 0.25) is 0 Å². The molecule has 1 aromatic carbocycles. The lowest BCUT2D eigenvalue weighted by molar-refractivity contribution is -0.385. The Morgan fingerprint density at radius 1 is 1.53 bits per heavy atom. The molecule has 0 fully saturated rings. The number of aromatic nitrogens is 2. The Kier molecular flexibility index (Phi) is 3.36. The van der Waals surface area contributed by atoms with E-state index in [0.29, 0.717) is 5.56 Å². The van der Waals surface area contributed by atoms with Crippen LogP contribution in [0.4, 0.5) is 10.1 Å². The summed E-state index contributed by atoms with van der Waals surface area (Å²) in [5.41, 5.74) is 0.200. The van der Waals surface area contributed by atoms with Crippen molar-refractivity contribution in [1.82, 2.24) is 9.78 Å². The summed E-state index contributed by atoms with van der Waals surface area (Å²) in [4.78, 5) is 10.3. The van der Waals surface area contributed by atoms with E-state index in [1.165, 1.54) is 10.7 Å². The van der Waals surface area contributed by atoms with E-state index in [-0.39, 0.29) is 12.2 Å². The molecule has 0 aliphatic rings. The van der Waals surface area contributed by atoms with Crippen molar-refractivity contribution >= 4 is 28.3 Å². The first kappa shape index (κ1) is 12.0. The minimum absolute atomic E-state index is 0.100. The average Bonchev–Trinajstić information content (AvgIpc) is 2.63. The summed E-state index contributed by atoms with van der Waals surface area (Å²) in [7, 11) is 0. The van der Waals surface area contributed by atoms with Gasteiger partial charge in [0.2, 0.25) is 0 Å². The minimum atomic E-state index is -0.525. The first-order valence-electron chi connectivity index (χ1n) is 4.67. The van der Waals surface area contributed by atoms with Crippen molar-refractivity contribution in [3.8, 4) is 0 Å². The Bertz CT molecular complexity index is 570. The van der Waals surface area contributed by atoms with E-state index < -0.39 is 10.7 Å². The molecule has 0 N–H and O–H groups in total. The Labute approximate surface area is 110 Å². The Balaban J connectivity index is 2.37. The highest BCUT2D eigenvalue weighted by atomic mass is 127. The normalized spacial score (nSPS) is 10.5. The van der Waals surface area contributed by atoms with Crippen molar-refractivity contribution in [2.24, 2.45) is 0 Å². The fraction of sp³-hybridized carbons (Fsp3) is 0.100. The van der Waals surface area contributed by atoms with E-state index in [0.717, 1.165) is 15.7 Å². The van der Waals surface area contributed by atoms with Crippen LogP contribution in [0.5, 0.6) is 0 Å². The molecular weight excluding hydrogens is 340 g/mol. The summed E-state index contributed by atoms with van der Waals surface area (Å²) in [5, 5.41) is 14.8. The van der Waals surface area contributed by atoms with Crippen LogP contribution < -0.4 is 0 Å². The first-order valence-corrected chi connectivity index (χ1v) is 5.75. The molecule has 1 aromatic heterocycles. The van der Waals surface area contributed by atoms with Gasteiger partial charge >= 0.3 is 0 Å². The van der Waals surface area contributed by atoms with Gasteiger partial charge in [-0.15, -0.1) is 0 Å². The third-order valence-electron chi connectivity index (χ3n) is 2.17. The number of nitrogens with zero attached hydrogens (tertiary/aromatic N) is 3. The van der Waals surface area contributed by atoms with Crippen molar-refractivity contribution in [3.05, 3.63) is 55.7 Å². The molecule has 7 heteroatoms. The fourth-order valence-corrected chi connectivity index (χ4v) is 1.90. The Hall–Kier alpha value is -1.51. The van der Waals surface area contributed by atoms with Gasteiger partial charge < -0.3 is 0 Å². The molecule has 0 spiro atoms. The maximum absolute atomic E-state index is 13.1. The first-order chi connectivity index (χ1) is 8.06. The molecule has 17 heavy (non-hydrogen) atoms. The molecule has 5 nitrogen and oxygen atoms in total. The molecule has 0 unspecified atom stereocenters. The van der Waals surface area contributed by atoms with E-state index in [2.05, 4.69) is 27.7 Å². The molecule has 0 atom stereocenters. The van der Waals surface area contributed by atoms with E-state index in [1.807, 2.05) is 0 Å². The van der Waals surface area contributed by atoms with Gasteiger partial charge in [0.05, 0.1) is 26.8 Å². The second-order valence-electron chi connectivity index (χ2n) is 3.39. The van der Waals surface area contributed by atoms with Crippen LogP contribution in [0.3, 0.4) is 0 Å². The van der Waals surface area contributed by atoms with Gasteiger partial charge in [-0.2, -0.15) is 5.10 Å². The molecule has 0 saturated heterocycles. The molecule has 0 radical (unpaired) electrons. The predicted molar refractivity (Wildman–Crippen MR) is 67.1 cm³/mol. The Morgan fingerprint density at radius 2 is 2.29 bits per heavy atom. The van der Waals surface area contributed by atoms with Crippen LogP contribution >= 0.6 is 22.6 Å². The van der Waals surface area contributed by atoms with Gasteiger partial charge in [-0.3, -0.25) is 14.8 Å². The van der Waals surface area contributed by atoms with Gasteiger partial charge in [0.1, 0.15) is 5.82 Å². The molecule has 1 heterocycles. The number of hydrogen-bond acceptors (Lipinski definition) is 3. The highest BCUT2D eigenvalue weighted by molar-refractivity contribution is 14.1. The number of halogens is 2. The summed E-state index contributed by atoms with van der Waals surface area (Å²) < 4.78 is 15.5.